The van der Waals surface area contributed by atoms with Gasteiger partial charge in [-0.3, -0.25) is 0 Å². The number of hydrogen-bond acceptors (Lipinski definition) is 5. The molecule has 0 radical (unpaired) electrons. The minimum absolute atomic E-state index is 0.301. The second-order valence-electron chi connectivity index (χ2n) is 4.98. The molecule has 0 aliphatic heterocycles. The molecule has 0 saturated heterocycles. The number of nitrogens with zero attached hydrogens (tertiary/aromatic N) is 1. The topological polar surface area (TPSA) is 65.1 Å². The van der Waals surface area contributed by atoms with Crippen LogP contribution in [0.2, 0.25) is 0 Å². The molecule has 0 aliphatic rings. The average Bonchev–Trinajstić information content (AvgIpc) is 2.55. The third-order valence-electron chi connectivity index (χ3n) is 3.45. The van der Waals surface area contributed by atoms with E-state index in [0.717, 1.165) is 0 Å². The maximum Gasteiger partial charge on any atom is 0.415 e. The number of benzene rings is 1. The number of allylic oxidation sites excluding steroid dienone is 1. The lowest BCUT2D eigenvalue weighted by atomic mass is 10.1. The summed E-state index contributed by atoms with van der Waals surface area (Å²) in [5, 5.41) is 0. The SMILES string of the molecule is CCOC(=O)/C=C(\C)c1ccc(OC)cc1OC(=O)N(CC)CC. The standard InChI is InChI=1S/C18H25NO5/c1-6-19(7-2)18(21)24-16-12-14(22-5)9-10-15(16)13(4)11-17(20)23-8-3/h9-12H,6-8H2,1-5H3/b13-11+. The quantitative estimate of drug-likeness (QED) is 0.563. The first-order chi connectivity index (χ1) is 11.5. The third kappa shape index (κ3) is 5.30. The maximum absolute atomic E-state index is 12.2. The number of hydrogen-bond donors (Lipinski definition) is 0. The maximum atomic E-state index is 12.2. The van der Waals surface area contributed by atoms with Crippen molar-refractivity contribution in [2.24, 2.45) is 0 Å². The Labute approximate surface area is 143 Å². The van der Waals surface area contributed by atoms with Crippen LogP contribution in [0, 0.1) is 0 Å². The van der Waals surface area contributed by atoms with Crippen molar-refractivity contribution in [3.8, 4) is 11.5 Å². The summed E-state index contributed by atoms with van der Waals surface area (Å²) in [6, 6.07) is 5.11. The molecule has 0 bridgehead atoms. The highest BCUT2D eigenvalue weighted by Crippen LogP contribution is 2.30. The fourth-order valence-corrected chi connectivity index (χ4v) is 2.12. The normalized spacial score (nSPS) is 11.0. The predicted molar refractivity (Wildman–Crippen MR) is 92.2 cm³/mol. The summed E-state index contributed by atoms with van der Waals surface area (Å²) in [6.45, 7) is 8.65. The van der Waals surface area contributed by atoms with Crippen molar-refractivity contribution in [3.05, 3.63) is 29.8 Å². The van der Waals surface area contributed by atoms with Gasteiger partial charge in [0.2, 0.25) is 0 Å². The Balaban J connectivity index is 3.17. The van der Waals surface area contributed by atoms with E-state index < -0.39 is 12.1 Å². The van der Waals surface area contributed by atoms with Crippen molar-refractivity contribution in [2.75, 3.05) is 26.8 Å². The first-order valence-corrected chi connectivity index (χ1v) is 7.96. The summed E-state index contributed by atoms with van der Waals surface area (Å²) in [5.41, 5.74) is 1.27. The second-order valence-corrected chi connectivity index (χ2v) is 4.98. The Morgan fingerprint density at radius 1 is 1.17 bits per heavy atom. The highest BCUT2D eigenvalue weighted by atomic mass is 16.6. The molecular formula is C18H25NO5. The van der Waals surface area contributed by atoms with Crippen LogP contribution in [0.5, 0.6) is 11.5 Å². The number of esters is 1. The van der Waals surface area contributed by atoms with Gasteiger partial charge in [-0.15, -0.1) is 0 Å². The molecule has 132 valence electrons. The van der Waals surface area contributed by atoms with Crippen LogP contribution >= 0.6 is 0 Å². The molecule has 24 heavy (non-hydrogen) atoms. The number of carbonyl (C=O) groups is 2. The highest BCUT2D eigenvalue weighted by molar-refractivity contribution is 5.92. The van der Waals surface area contributed by atoms with Gasteiger partial charge in [0.05, 0.1) is 13.7 Å². The van der Waals surface area contributed by atoms with E-state index in [1.807, 2.05) is 13.8 Å². The minimum Gasteiger partial charge on any atom is -0.497 e. The largest absolute Gasteiger partial charge is 0.497 e. The van der Waals surface area contributed by atoms with Gasteiger partial charge in [-0.2, -0.15) is 0 Å². The van der Waals surface area contributed by atoms with Crippen LogP contribution in [-0.4, -0.2) is 43.8 Å². The van der Waals surface area contributed by atoms with Gasteiger partial charge in [0.15, 0.2) is 0 Å². The summed E-state index contributed by atoms with van der Waals surface area (Å²) in [4.78, 5) is 25.4. The summed E-state index contributed by atoms with van der Waals surface area (Å²) in [7, 11) is 1.53. The van der Waals surface area contributed by atoms with Crippen LogP contribution in [0.1, 0.15) is 33.3 Å². The van der Waals surface area contributed by atoms with Gasteiger partial charge >= 0.3 is 12.1 Å². The van der Waals surface area contributed by atoms with Gasteiger partial charge in [0.1, 0.15) is 11.5 Å². The Morgan fingerprint density at radius 3 is 2.38 bits per heavy atom. The number of carbonyl (C=O) groups excluding carboxylic acids is 2. The van der Waals surface area contributed by atoms with E-state index in [1.54, 1.807) is 36.9 Å². The number of rotatable bonds is 7. The Hall–Kier alpha value is -2.50. The lowest BCUT2D eigenvalue weighted by Crippen LogP contribution is -2.33. The Bertz CT molecular complexity index is 605. The molecule has 0 N–H and O–H groups in total. The van der Waals surface area contributed by atoms with Crippen molar-refractivity contribution in [1.29, 1.82) is 0 Å². The average molecular weight is 335 g/mol. The third-order valence-corrected chi connectivity index (χ3v) is 3.45. The fourth-order valence-electron chi connectivity index (χ4n) is 2.12. The number of ether oxygens (including phenoxy) is 3. The zero-order valence-electron chi connectivity index (χ0n) is 14.9. The van der Waals surface area contributed by atoms with Crippen LogP contribution in [0.4, 0.5) is 4.79 Å². The highest BCUT2D eigenvalue weighted by Gasteiger charge is 2.16. The zero-order valence-corrected chi connectivity index (χ0v) is 14.9. The molecule has 0 aromatic heterocycles. The smallest absolute Gasteiger partial charge is 0.415 e. The van der Waals surface area contributed by atoms with Crippen molar-refractivity contribution in [2.45, 2.75) is 27.7 Å². The van der Waals surface area contributed by atoms with Crippen LogP contribution in [-0.2, 0) is 9.53 Å². The fraction of sp³-hybridized carbons (Fsp3) is 0.444. The van der Waals surface area contributed by atoms with Crippen LogP contribution in [0.3, 0.4) is 0 Å². The summed E-state index contributed by atoms with van der Waals surface area (Å²) in [5.74, 6) is 0.459. The first kappa shape index (κ1) is 19.5. The van der Waals surface area contributed by atoms with E-state index in [1.165, 1.54) is 13.2 Å². The molecular weight excluding hydrogens is 310 g/mol. The van der Waals surface area contributed by atoms with Crippen molar-refractivity contribution in [1.82, 2.24) is 4.90 Å². The zero-order chi connectivity index (χ0) is 18.1. The second kappa shape index (κ2) is 9.60. The summed E-state index contributed by atoms with van der Waals surface area (Å²) in [6.07, 6.45) is 0.929. The van der Waals surface area contributed by atoms with E-state index in [2.05, 4.69) is 0 Å². The molecule has 0 aliphatic carbocycles. The van der Waals surface area contributed by atoms with Crippen molar-refractivity contribution >= 4 is 17.6 Å². The van der Waals surface area contributed by atoms with Crippen LogP contribution < -0.4 is 9.47 Å². The minimum atomic E-state index is -0.446. The van der Waals surface area contributed by atoms with E-state index in [4.69, 9.17) is 14.2 Å². The molecule has 1 rings (SSSR count). The van der Waals surface area contributed by atoms with Gasteiger partial charge in [0.25, 0.3) is 0 Å². The molecule has 1 aromatic rings. The van der Waals surface area contributed by atoms with E-state index in [-0.39, 0.29) is 0 Å². The molecule has 0 saturated carbocycles. The van der Waals surface area contributed by atoms with Gasteiger partial charge in [0, 0.05) is 30.8 Å². The van der Waals surface area contributed by atoms with Crippen LogP contribution in [0.15, 0.2) is 24.3 Å². The van der Waals surface area contributed by atoms with Gasteiger partial charge in [-0.1, -0.05) is 0 Å². The molecule has 6 nitrogen and oxygen atoms in total. The molecule has 0 unspecified atom stereocenters. The molecule has 1 amide bonds. The lowest BCUT2D eigenvalue weighted by molar-refractivity contribution is -0.137. The summed E-state index contributed by atoms with van der Waals surface area (Å²) < 4.78 is 15.6. The van der Waals surface area contributed by atoms with E-state index in [0.29, 0.717) is 42.3 Å². The number of amides is 1. The van der Waals surface area contributed by atoms with Crippen molar-refractivity contribution in [3.63, 3.8) is 0 Å². The molecule has 6 heteroatoms. The first-order valence-electron chi connectivity index (χ1n) is 7.96. The molecule has 0 heterocycles. The Morgan fingerprint density at radius 2 is 1.83 bits per heavy atom. The molecule has 0 spiro atoms. The monoisotopic (exact) mass is 335 g/mol. The number of methoxy groups -OCH3 is 1. The van der Waals surface area contributed by atoms with Gasteiger partial charge in [-0.25, -0.2) is 9.59 Å². The predicted octanol–water partition coefficient (Wildman–Crippen LogP) is 3.50. The van der Waals surface area contributed by atoms with Gasteiger partial charge in [-0.05, 0) is 45.4 Å². The van der Waals surface area contributed by atoms with E-state index >= 15 is 0 Å². The lowest BCUT2D eigenvalue weighted by Gasteiger charge is -2.19. The molecule has 0 atom stereocenters. The summed E-state index contributed by atoms with van der Waals surface area (Å²) >= 11 is 0. The molecule has 0 fully saturated rings. The Kier molecular flexibility index (Phi) is 7.82. The van der Waals surface area contributed by atoms with Crippen molar-refractivity contribution < 1.29 is 23.8 Å². The van der Waals surface area contributed by atoms with Crippen LogP contribution in [0.25, 0.3) is 5.57 Å². The van der Waals surface area contributed by atoms with E-state index in [9.17, 15) is 9.59 Å². The molecule has 1 aromatic carbocycles. The van der Waals surface area contributed by atoms with Gasteiger partial charge < -0.3 is 19.1 Å².